The summed E-state index contributed by atoms with van der Waals surface area (Å²) in [5.74, 6) is 0. The number of rotatable bonds is 11. The molecule has 0 atom stereocenters. The van der Waals surface area contributed by atoms with E-state index in [4.69, 9.17) is 13.3 Å². The van der Waals surface area contributed by atoms with Gasteiger partial charge in [0.05, 0.1) is 0 Å². The van der Waals surface area contributed by atoms with E-state index in [0.717, 1.165) is 0 Å². The molecule has 6 heteroatoms. The van der Waals surface area contributed by atoms with Crippen LogP contribution >= 0.6 is 0 Å². The Morgan fingerprint density at radius 1 is 0.714 bits per heavy atom. The van der Waals surface area contributed by atoms with Gasteiger partial charge in [-0.1, -0.05) is 27.7 Å². The van der Waals surface area contributed by atoms with Crippen molar-refractivity contribution in [3.8, 4) is 0 Å². The Hall–Kier alpha value is 0.274. The third kappa shape index (κ3) is 9.81. The van der Waals surface area contributed by atoms with Crippen LogP contribution in [0.3, 0.4) is 0 Å². The van der Waals surface area contributed by atoms with Gasteiger partial charge in [0, 0.05) is 19.8 Å². The van der Waals surface area contributed by atoms with Crippen LogP contribution in [0.5, 0.6) is 0 Å². The lowest BCUT2D eigenvalue weighted by atomic mass is 10.8. The Morgan fingerprint density at radius 3 is 1.19 bits per heavy atom. The lowest BCUT2D eigenvalue weighted by molar-refractivity contribution is 0.107. The number of hydrogen-bond acceptors (Lipinski definition) is 4. The zero-order valence-electron chi connectivity index (χ0n) is 15.7. The molecular formula is C15H39NO3Si2. The summed E-state index contributed by atoms with van der Waals surface area (Å²) in [6.45, 7) is 18.4. The van der Waals surface area contributed by atoms with E-state index in [0.29, 0.717) is 19.8 Å². The van der Waals surface area contributed by atoms with Gasteiger partial charge in [-0.15, -0.1) is 0 Å². The lowest BCUT2D eigenvalue weighted by Crippen LogP contribution is -2.49. The maximum Gasteiger partial charge on any atom is 0.484 e. The lowest BCUT2D eigenvalue weighted by Gasteiger charge is -2.37. The maximum absolute atomic E-state index is 5.22. The van der Waals surface area contributed by atoms with E-state index >= 15 is 0 Å². The zero-order valence-corrected chi connectivity index (χ0v) is 17.9. The average molecular weight is 338 g/mol. The first-order valence-corrected chi connectivity index (χ1v) is 12.6. The van der Waals surface area contributed by atoms with E-state index in [1.54, 1.807) is 0 Å². The van der Waals surface area contributed by atoms with Crippen molar-refractivity contribution in [1.29, 1.82) is 0 Å². The molecule has 130 valence electrons. The Bertz CT molecular complexity index is 195. The molecule has 0 aromatic heterocycles. The van der Waals surface area contributed by atoms with Crippen molar-refractivity contribution in [2.75, 3.05) is 33.4 Å². The van der Waals surface area contributed by atoms with Crippen LogP contribution in [0.25, 0.3) is 0 Å². The molecule has 0 radical (unpaired) electrons. The molecule has 0 aliphatic carbocycles. The van der Waals surface area contributed by atoms with Crippen LogP contribution in [0.1, 0.15) is 48.5 Å². The van der Waals surface area contributed by atoms with Crippen LogP contribution in [0.4, 0.5) is 0 Å². The molecule has 0 spiro atoms. The highest BCUT2D eigenvalue weighted by molar-refractivity contribution is 6.76. The van der Waals surface area contributed by atoms with Crippen molar-refractivity contribution in [2.24, 2.45) is 0 Å². The first kappa shape index (κ1) is 23.5. The quantitative estimate of drug-likeness (QED) is 0.537. The molecule has 0 unspecified atom stereocenters. The second-order valence-electron chi connectivity index (χ2n) is 4.95. The highest BCUT2D eigenvalue weighted by Gasteiger charge is 2.30. The van der Waals surface area contributed by atoms with Crippen LogP contribution in [0.2, 0.25) is 18.1 Å². The highest BCUT2D eigenvalue weighted by atomic mass is 28.3. The summed E-state index contributed by atoms with van der Waals surface area (Å²) in [4.78, 5) is 0. The van der Waals surface area contributed by atoms with Crippen molar-refractivity contribution < 1.29 is 13.3 Å². The van der Waals surface area contributed by atoms with Gasteiger partial charge in [-0.3, -0.25) is 0 Å². The number of hydrogen-bond donors (Lipinski definition) is 0. The minimum atomic E-state index is -1.73. The van der Waals surface area contributed by atoms with Gasteiger partial charge < -0.3 is 17.8 Å². The molecule has 0 N–H and O–H groups in total. The molecule has 0 aliphatic rings. The second-order valence-corrected chi connectivity index (χ2v) is 11.9. The van der Waals surface area contributed by atoms with Crippen molar-refractivity contribution in [2.45, 2.75) is 66.6 Å². The molecule has 0 heterocycles. The van der Waals surface area contributed by atoms with Gasteiger partial charge in [0.25, 0.3) is 0 Å². The Balaban J connectivity index is 0. The zero-order chi connectivity index (χ0) is 16.7. The summed E-state index contributed by atoms with van der Waals surface area (Å²) in [6, 6.07) is 4.22. The van der Waals surface area contributed by atoms with Gasteiger partial charge in [-0.05, 0) is 52.5 Å². The first-order chi connectivity index (χ1) is 10.0. The van der Waals surface area contributed by atoms with E-state index in [9.17, 15) is 0 Å². The van der Waals surface area contributed by atoms with Gasteiger partial charge in [-0.2, -0.15) is 0 Å². The summed E-state index contributed by atoms with van der Waals surface area (Å²) in [5.41, 5.74) is 0. The predicted octanol–water partition coefficient (Wildman–Crippen LogP) is 3.76. The Kier molecular flexibility index (Phi) is 17.0. The smallest absolute Gasteiger partial charge is 0.376 e. The molecule has 0 bridgehead atoms. The molecular weight excluding hydrogens is 298 g/mol. The monoisotopic (exact) mass is 337 g/mol. The van der Waals surface area contributed by atoms with Crippen molar-refractivity contribution in [3.63, 3.8) is 0 Å². The molecule has 21 heavy (non-hydrogen) atoms. The molecule has 0 aromatic rings. The van der Waals surface area contributed by atoms with E-state index in [2.05, 4.69) is 39.3 Å². The Labute approximate surface area is 136 Å². The average Bonchev–Trinajstić information content (AvgIpc) is 2.51. The number of nitrogens with zero attached hydrogens (tertiary/aromatic N) is 1. The third-order valence-corrected chi connectivity index (χ3v) is 11.9. The third-order valence-electron chi connectivity index (χ3n) is 4.17. The minimum Gasteiger partial charge on any atom is -0.376 e. The molecule has 0 saturated heterocycles. The van der Waals surface area contributed by atoms with Gasteiger partial charge in [0.1, 0.15) is 8.24 Å². The van der Waals surface area contributed by atoms with Gasteiger partial charge in [0.2, 0.25) is 0 Å². The van der Waals surface area contributed by atoms with Crippen LogP contribution in [-0.4, -0.2) is 55.7 Å². The van der Waals surface area contributed by atoms with Crippen molar-refractivity contribution >= 4 is 17.8 Å². The van der Waals surface area contributed by atoms with E-state index < -0.39 is 17.8 Å². The summed E-state index contributed by atoms with van der Waals surface area (Å²) in [6.07, 6.45) is 0. The van der Waals surface area contributed by atoms with Crippen LogP contribution < -0.4 is 0 Å². The largest absolute Gasteiger partial charge is 0.484 e. The van der Waals surface area contributed by atoms with E-state index in [-0.39, 0.29) is 0 Å². The van der Waals surface area contributed by atoms with E-state index in [1.165, 1.54) is 24.7 Å². The minimum absolute atomic E-state index is 0.677. The molecule has 0 aliphatic heterocycles. The normalized spacial score (nSPS) is 11.7. The molecule has 4 nitrogen and oxygen atoms in total. The van der Waals surface area contributed by atoms with Gasteiger partial charge >= 0.3 is 9.53 Å². The van der Waals surface area contributed by atoms with Gasteiger partial charge in [-0.25, -0.2) is 0 Å². The summed E-state index contributed by atoms with van der Waals surface area (Å²) in [7, 11) is -0.427. The molecule has 0 amide bonds. The fourth-order valence-electron chi connectivity index (χ4n) is 2.45. The van der Waals surface area contributed by atoms with Crippen LogP contribution in [-0.2, 0) is 13.3 Å². The molecule has 0 saturated carbocycles. The maximum atomic E-state index is 5.22. The summed E-state index contributed by atoms with van der Waals surface area (Å²) >= 11 is 0. The standard InChI is InChI=1S/C9H23NSi.C6H16O3Si/c1-6-10(5)11(7-2,8-3)9-4;1-4-7-10(8-5-2)9-6-3/h6-9H2,1-5H3;10H,4-6H2,1-3H3. The van der Waals surface area contributed by atoms with Crippen molar-refractivity contribution in [3.05, 3.63) is 0 Å². The SMILES string of the molecule is CCN(C)[Si](CC)(CC)CC.CCO[SiH](OCC)OCC. The molecule has 0 rings (SSSR count). The molecule has 0 fully saturated rings. The topological polar surface area (TPSA) is 30.9 Å². The summed E-state index contributed by atoms with van der Waals surface area (Å²) in [5, 5.41) is 0. The Morgan fingerprint density at radius 2 is 1.05 bits per heavy atom. The second kappa shape index (κ2) is 15.2. The van der Waals surface area contributed by atoms with Crippen LogP contribution in [0, 0.1) is 0 Å². The fraction of sp³-hybridized carbons (Fsp3) is 1.00. The highest BCUT2D eigenvalue weighted by Crippen LogP contribution is 2.22. The van der Waals surface area contributed by atoms with E-state index in [1.807, 2.05) is 20.8 Å². The molecule has 0 aromatic carbocycles. The first-order valence-electron chi connectivity index (χ1n) is 8.57. The fourth-order valence-corrected chi connectivity index (χ4v) is 7.34. The van der Waals surface area contributed by atoms with Crippen LogP contribution in [0.15, 0.2) is 0 Å². The van der Waals surface area contributed by atoms with Gasteiger partial charge in [0.15, 0.2) is 0 Å². The van der Waals surface area contributed by atoms with Crippen molar-refractivity contribution in [1.82, 2.24) is 4.57 Å². The predicted molar refractivity (Wildman–Crippen MR) is 97.5 cm³/mol. The summed E-state index contributed by atoms with van der Waals surface area (Å²) < 4.78 is 18.3.